The maximum absolute atomic E-state index is 12.6. The molecule has 1 unspecified atom stereocenters. The summed E-state index contributed by atoms with van der Waals surface area (Å²) in [6.45, 7) is 8.74. The van der Waals surface area contributed by atoms with Crippen molar-refractivity contribution < 1.29 is 9.59 Å². The third-order valence-corrected chi connectivity index (χ3v) is 5.78. The highest BCUT2D eigenvalue weighted by molar-refractivity contribution is 5.96. The Kier molecular flexibility index (Phi) is 6.31. The van der Waals surface area contributed by atoms with Gasteiger partial charge in [-0.05, 0) is 32.0 Å². The van der Waals surface area contributed by atoms with Gasteiger partial charge in [-0.2, -0.15) is 0 Å². The minimum Gasteiger partial charge on any atom is -0.368 e. The molecule has 0 spiro atoms. The molecule has 7 heteroatoms. The molecular formula is C20H31N5O2. The Bertz CT molecular complexity index is 651. The van der Waals surface area contributed by atoms with Gasteiger partial charge in [-0.15, -0.1) is 0 Å². The number of nitrogens with one attached hydrogen (secondary N) is 1. The van der Waals surface area contributed by atoms with Crippen molar-refractivity contribution in [2.45, 2.75) is 39.2 Å². The first-order chi connectivity index (χ1) is 13.0. The van der Waals surface area contributed by atoms with Gasteiger partial charge in [-0.1, -0.05) is 13.8 Å². The van der Waals surface area contributed by atoms with Crippen LogP contribution in [0.2, 0.25) is 0 Å². The van der Waals surface area contributed by atoms with Crippen molar-refractivity contribution in [2.24, 2.45) is 5.92 Å². The first-order valence-electron chi connectivity index (χ1n) is 10.0. The number of rotatable bonds is 6. The van der Waals surface area contributed by atoms with E-state index in [1.807, 2.05) is 23.2 Å². The van der Waals surface area contributed by atoms with Crippen LogP contribution in [0.3, 0.4) is 0 Å². The summed E-state index contributed by atoms with van der Waals surface area (Å²) in [5, 5.41) is 2.88. The molecule has 1 aromatic rings. The van der Waals surface area contributed by atoms with Gasteiger partial charge in [0.25, 0.3) is 0 Å². The smallest absolute Gasteiger partial charge is 0.230 e. The molecule has 1 aromatic heterocycles. The zero-order valence-corrected chi connectivity index (χ0v) is 16.6. The van der Waals surface area contributed by atoms with Gasteiger partial charge in [0.2, 0.25) is 11.8 Å². The van der Waals surface area contributed by atoms with Crippen molar-refractivity contribution in [1.82, 2.24) is 14.8 Å². The fraction of sp³-hybridized carbons (Fsp3) is 0.650. The molecule has 0 aliphatic carbocycles. The lowest BCUT2D eigenvalue weighted by Gasteiger charge is -2.33. The summed E-state index contributed by atoms with van der Waals surface area (Å²) < 4.78 is 0. The summed E-state index contributed by atoms with van der Waals surface area (Å²) in [6, 6.07) is 4.09. The quantitative estimate of drug-likeness (QED) is 0.824. The minimum atomic E-state index is -0.294. The van der Waals surface area contributed by atoms with Crippen LogP contribution in [-0.2, 0) is 9.59 Å². The van der Waals surface area contributed by atoms with E-state index in [0.29, 0.717) is 18.8 Å². The number of hydrogen-bond acceptors (Lipinski definition) is 5. The summed E-state index contributed by atoms with van der Waals surface area (Å²) >= 11 is 0. The molecule has 0 aromatic carbocycles. The number of piperazine rings is 1. The van der Waals surface area contributed by atoms with Crippen molar-refractivity contribution in [3.63, 3.8) is 0 Å². The maximum atomic E-state index is 12.6. The third kappa shape index (κ3) is 4.58. The predicted octanol–water partition coefficient (Wildman–Crippen LogP) is 1.81. The maximum Gasteiger partial charge on any atom is 0.230 e. The molecule has 2 aliphatic heterocycles. The summed E-state index contributed by atoms with van der Waals surface area (Å²) in [5.74, 6) is 0.224. The highest BCUT2D eigenvalue weighted by atomic mass is 16.2. The molecule has 7 nitrogen and oxygen atoms in total. The summed E-state index contributed by atoms with van der Waals surface area (Å²) in [4.78, 5) is 35.7. The first-order valence-corrected chi connectivity index (χ1v) is 10.0. The van der Waals surface area contributed by atoms with E-state index in [2.05, 4.69) is 41.0 Å². The Balaban J connectivity index is 1.56. The van der Waals surface area contributed by atoms with Crippen molar-refractivity contribution in [3.05, 3.63) is 18.3 Å². The zero-order chi connectivity index (χ0) is 19.4. The molecule has 2 saturated heterocycles. The number of anilines is 2. The second-order valence-corrected chi connectivity index (χ2v) is 7.60. The Hall–Kier alpha value is -2.15. The number of hydrogen-bond donors (Lipinski definition) is 1. The molecule has 3 heterocycles. The average molecular weight is 374 g/mol. The van der Waals surface area contributed by atoms with Crippen LogP contribution < -0.4 is 10.2 Å². The molecule has 0 saturated carbocycles. The molecule has 3 rings (SSSR count). The molecule has 2 amide bonds. The molecule has 27 heavy (non-hydrogen) atoms. The first kappa shape index (κ1) is 19.6. The van der Waals surface area contributed by atoms with Crippen LogP contribution in [0.4, 0.5) is 11.5 Å². The van der Waals surface area contributed by atoms with Gasteiger partial charge in [0, 0.05) is 45.2 Å². The Labute approximate surface area is 161 Å². The molecule has 1 N–H and O–H groups in total. The van der Waals surface area contributed by atoms with Crippen LogP contribution in [0.1, 0.15) is 33.1 Å². The van der Waals surface area contributed by atoms with Crippen LogP contribution in [-0.4, -0.2) is 72.4 Å². The van der Waals surface area contributed by atoms with Gasteiger partial charge in [0.1, 0.15) is 5.82 Å². The fourth-order valence-corrected chi connectivity index (χ4v) is 3.93. The largest absolute Gasteiger partial charge is 0.368 e. The number of likely N-dealkylation sites (N-methyl/N-ethyl adjacent to an activating group) is 1. The van der Waals surface area contributed by atoms with Gasteiger partial charge < -0.3 is 20.0 Å². The monoisotopic (exact) mass is 373 g/mol. The Morgan fingerprint density at radius 1 is 1.22 bits per heavy atom. The summed E-state index contributed by atoms with van der Waals surface area (Å²) in [7, 11) is 2.13. The molecule has 1 atom stereocenters. The van der Waals surface area contributed by atoms with Crippen molar-refractivity contribution in [1.29, 1.82) is 0 Å². The van der Waals surface area contributed by atoms with Crippen molar-refractivity contribution in [3.8, 4) is 0 Å². The van der Waals surface area contributed by atoms with Crippen LogP contribution in [0.15, 0.2) is 18.3 Å². The lowest BCUT2D eigenvalue weighted by Crippen LogP contribution is -2.44. The number of pyridine rings is 1. The molecule has 148 valence electrons. The van der Waals surface area contributed by atoms with E-state index in [4.69, 9.17) is 0 Å². The summed E-state index contributed by atoms with van der Waals surface area (Å²) in [6.07, 6.45) is 3.96. The van der Waals surface area contributed by atoms with Gasteiger partial charge in [0.05, 0.1) is 17.8 Å². The number of amides is 2. The van der Waals surface area contributed by atoms with E-state index in [0.717, 1.165) is 44.7 Å². The molecule has 2 aliphatic rings. The zero-order valence-electron chi connectivity index (χ0n) is 16.6. The lowest BCUT2D eigenvalue weighted by molar-refractivity contribution is -0.130. The van der Waals surface area contributed by atoms with Gasteiger partial charge in [0.15, 0.2) is 0 Å². The van der Waals surface area contributed by atoms with Crippen LogP contribution in [0, 0.1) is 5.92 Å². The second-order valence-electron chi connectivity index (χ2n) is 7.60. The van der Waals surface area contributed by atoms with Gasteiger partial charge >= 0.3 is 0 Å². The van der Waals surface area contributed by atoms with E-state index in [1.54, 1.807) is 0 Å². The van der Waals surface area contributed by atoms with Crippen LogP contribution in [0.5, 0.6) is 0 Å². The molecular weight excluding hydrogens is 342 g/mol. The topological polar surface area (TPSA) is 68.8 Å². The van der Waals surface area contributed by atoms with Crippen molar-refractivity contribution in [2.75, 3.05) is 50.0 Å². The standard InChI is InChI=1S/C20H31N5O2/c1-4-16(5-2)25-14-15(12-19(25)26)20(27)22-18-7-6-17(13-21-18)24-10-8-23(3)9-11-24/h6-7,13,15-16H,4-5,8-12,14H2,1-3H3,(H,21,22,27). The number of carbonyl (C=O) groups excluding carboxylic acids is 2. The highest BCUT2D eigenvalue weighted by Gasteiger charge is 2.36. The van der Waals surface area contributed by atoms with Gasteiger partial charge in [-0.25, -0.2) is 4.98 Å². The number of nitrogens with zero attached hydrogens (tertiary/aromatic N) is 4. The number of carbonyl (C=O) groups is 2. The molecule has 0 radical (unpaired) electrons. The lowest BCUT2D eigenvalue weighted by atomic mass is 10.1. The van der Waals surface area contributed by atoms with Crippen molar-refractivity contribution >= 4 is 23.3 Å². The van der Waals surface area contributed by atoms with E-state index >= 15 is 0 Å². The number of aromatic nitrogens is 1. The van der Waals surface area contributed by atoms with Crippen LogP contribution >= 0.6 is 0 Å². The SMILES string of the molecule is CCC(CC)N1CC(C(=O)Nc2ccc(N3CCN(C)CC3)cn2)CC1=O. The average Bonchev–Trinajstić information content (AvgIpc) is 3.06. The van der Waals surface area contributed by atoms with E-state index in [-0.39, 0.29) is 23.8 Å². The second kappa shape index (κ2) is 8.69. The fourth-order valence-electron chi connectivity index (χ4n) is 3.93. The van der Waals surface area contributed by atoms with Crippen LogP contribution in [0.25, 0.3) is 0 Å². The number of likely N-dealkylation sites (tertiary alicyclic amines) is 1. The van der Waals surface area contributed by atoms with E-state index in [9.17, 15) is 9.59 Å². The Morgan fingerprint density at radius 2 is 1.93 bits per heavy atom. The van der Waals surface area contributed by atoms with E-state index < -0.39 is 0 Å². The molecule has 0 bridgehead atoms. The minimum absolute atomic E-state index is 0.0854. The van der Waals surface area contributed by atoms with Gasteiger partial charge in [-0.3, -0.25) is 9.59 Å². The Morgan fingerprint density at radius 3 is 2.52 bits per heavy atom. The predicted molar refractivity (Wildman–Crippen MR) is 107 cm³/mol. The third-order valence-electron chi connectivity index (χ3n) is 5.78. The summed E-state index contributed by atoms with van der Waals surface area (Å²) in [5.41, 5.74) is 1.08. The molecule has 2 fully saturated rings. The van der Waals surface area contributed by atoms with E-state index in [1.165, 1.54) is 0 Å². The normalized spacial score (nSPS) is 21.2. The highest BCUT2D eigenvalue weighted by Crippen LogP contribution is 2.24.